The Balaban J connectivity index is 2.79. The summed E-state index contributed by atoms with van der Waals surface area (Å²) in [5.74, 6) is 0. The smallest absolute Gasteiger partial charge is 0.220 e. The minimum atomic E-state index is -2.30. The maximum Gasteiger partial charge on any atom is 0.220 e. The third-order valence-electron chi connectivity index (χ3n) is 2.34. The summed E-state index contributed by atoms with van der Waals surface area (Å²) in [5.41, 5.74) is 0. The van der Waals surface area contributed by atoms with Gasteiger partial charge in [-0.1, -0.05) is 18.2 Å². The van der Waals surface area contributed by atoms with Crippen LogP contribution in [0, 0.1) is 0 Å². The van der Waals surface area contributed by atoms with E-state index in [9.17, 15) is 4.57 Å². The van der Waals surface area contributed by atoms with Crippen molar-refractivity contribution in [3.63, 3.8) is 0 Å². The van der Waals surface area contributed by atoms with E-state index in [0.717, 1.165) is 6.54 Å². The maximum atomic E-state index is 12.4. The SMILES string of the molecule is C=CCN(C)P1(=O)CC=CCN1C. The normalized spacial score (nSPS) is 29.5. The van der Waals surface area contributed by atoms with Crippen LogP contribution in [0.4, 0.5) is 0 Å². The second-order valence-corrected chi connectivity index (χ2v) is 6.35. The minimum Gasteiger partial charge on any atom is -0.288 e. The third kappa shape index (κ3) is 2.11. The molecule has 0 N–H and O–H groups in total. The van der Waals surface area contributed by atoms with Crippen LogP contribution in [0.1, 0.15) is 0 Å². The molecule has 0 saturated heterocycles. The molecule has 0 aliphatic carbocycles. The number of nitrogens with zero attached hydrogens (tertiary/aromatic N) is 2. The molecule has 0 spiro atoms. The van der Waals surface area contributed by atoms with Gasteiger partial charge in [0.05, 0.1) is 0 Å². The molecule has 0 radical (unpaired) electrons. The molecule has 1 atom stereocenters. The van der Waals surface area contributed by atoms with Crippen LogP contribution in [-0.4, -0.2) is 42.7 Å². The maximum absolute atomic E-state index is 12.4. The van der Waals surface area contributed by atoms with Crippen molar-refractivity contribution in [1.82, 2.24) is 9.34 Å². The fourth-order valence-electron chi connectivity index (χ4n) is 1.42. The number of allylic oxidation sites excluding steroid dienone is 1. The highest BCUT2D eigenvalue weighted by atomic mass is 31.2. The van der Waals surface area contributed by atoms with Gasteiger partial charge in [0.25, 0.3) is 0 Å². The molecule has 1 aliphatic rings. The van der Waals surface area contributed by atoms with Crippen molar-refractivity contribution in [1.29, 1.82) is 0 Å². The van der Waals surface area contributed by atoms with Crippen molar-refractivity contribution in [2.24, 2.45) is 0 Å². The number of hydrogen-bond acceptors (Lipinski definition) is 1. The Morgan fingerprint density at radius 1 is 1.69 bits per heavy atom. The molecule has 0 aromatic rings. The van der Waals surface area contributed by atoms with Gasteiger partial charge >= 0.3 is 0 Å². The number of hydrogen-bond donors (Lipinski definition) is 0. The van der Waals surface area contributed by atoms with Gasteiger partial charge in [-0.25, -0.2) is 9.34 Å². The van der Waals surface area contributed by atoms with Crippen molar-refractivity contribution < 1.29 is 4.57 Å². The van der Waals surface area contributed by atoms with E-state index in [1.165, 1.54) is 0 Å². The first-order chi connectivity index (χ1) is 6.11. The molecular formula is C9H17N2OP. The largest absolute Gasteiger partial charge is 0.288 e. The van der Waals surface area contributed by atoms with Gasteiger partial charge in [-0.05, 0) is 14.1 Å². The standard InChI is InChI=1S/C9H17N2OP/c1-4-7-10(2)13(12)9-6-5-8-11(13)3/h4-6H,1,7-9H2,2-3H3. The van der Waals surface area contributed by atoms with E-state index >= 15 is 0 Å². The molecule has 1 rings (SSSR count). The van der Waals surface area contributed by atoms with E-state index in [0.29, 0.717) is 12.7 Å². The predicted octanol–water partition coefficient (Wildman–Crippen LogP) is 1.80. The van der Waals surface area contributed by atoms with Crippen LogP contribution in [0.5, 0.6) is 0 Å². The van der Waals surface area contributed by atoms with E-state index in [4.69, 9.17) is 0 Å². The van der Waals surface area contributed by atoms with Gasteiger partial charge in [0.15, 0.2) is 0 Å². The van der Waals surface area contributed by atoms with E-state index in [-0.39, 0.29) is 0 Å². The molecule has 74 valence electrons. The monoisotopic (exact) mass is 200 g/mol. The lowest BCUT2D eigenvalue weighted by atomic mass is 10.5. The number of rotatable bonds is 3. The van der Waals surface area contributed by atoms with Crippen molar-refractivity contribution in [2.75, 3.05) is 33.3 Å². The summed E-state index contributed by atoms with van der Waals surface area (Å²) >= 11 is 0. The lowest BCUT2D eigenvalue weighted by molar-refractivity contribution is 0.418. The fraction of sp³-hybridized carbons (Fsp3) is 0.556. The summed E-state index contributed by atoms with van der Waals surface area (Å²) in [7, 11) is 1.49. The van der Waals surface area contributed by atoms with E-state index in [2.05, 4.69) is 12.7 Å². The Kier molecular flexibility index (Phi) is 3.48. The van der Waals surface area contributed by atoms with Crippen LogP contribution < -0.4 is 0 Å². The van der Waals surface area contributed by atoms with Gasteiger partial charge in [0.1, 0.15) is 0 Å². The van der Waals surface area contributed by atoms with Crippen LogP contribution in [0.3, 0.4) is 0 Å². The van der Waals surface area contributed by atoms with Crippen LogP contribution in [0.25, 0.3) is 0 Å². The Morgan fingerprint density at radius 2 is 2.38 bits per heavy atom. The van der Waals surface area contributed by atoms with E-state index < -0.39 is 7.44 Å². The first kappa shape index (κ1) is 10.7. The Labute approximate surface area is 80.2 Å². The molecule has 0 amide bonds. The molecule has 0 aromatic heterocycles. The third-order valence-corrected chi connectivity index (χ3v) is 5.49. The zero-order valence-corrected chi connectivity index (χ0v) is 9.20. The highest BCUT2D eigenvalue weighted by Crippen LogP contribution is 2.52. The Bertz CT molecular complexity index is 262. The molecule has 1 heterocycles. The summed E-state index contributed by atoms with van der Waals surface area (Å²) in [5, 5.41) is 0. The second kappa shape index (κ2) is 4.23. The Morgan fingerprint density at radius 3 is 2.92 bits per heavy atom. The zero-order chi connectivity index (χ0) is 9.90. The van der Waals surface area contributed by atoms with Gasteiger partial charge in [-0.2, -0.15) is 0 Å². The molecule has 0 aromatic carbocycles. The van der Waals surface area contributed by atoms with Gasteiger partial charge < -0.3 is 0 Å². The summed E-state index contributed by atoms with van der Waals surface area (Å²) in [6.07, 6.45) is 6.48. The first-order valence-electron chi connectivity index (χ1n) is 4.39. The highest BCUT2D eigenvalue weighted by Gasteiger charge is 2.31. The van der Waals surface area contributed by atoms with Crippen molar-refractivity contribution >= 4 is 7.44 Å². The predicted molar refractivity (Wildman–Crippen MR) is 57.1 cm³/mol. The molecule has 0 fully saturated rings. The molecule has 13 heavy (non-hydrogen) atoms. The van der Waals surface area contributed by atoms with Crippen LogP contribution >= 0.6 is 7.44 Å². The molecule has 0 bridgehead atoms. The zero-order valence-electron chi connectivity index (χ0n) is 8.31. The van der Waals surface area contributed by atoms with Crippen molar-refractivity contribution in [3.05, 3.63) is 24.8 Å². The van der Waals surface area contributed by atoms with E-state index in [1.807, 2.05) is 29.5 Å². The first-order valence-corrected chi connectivity index (χ1v) is 6.19. The van der Waals surface area contributed by atoms with Gasteiger partial charge in [0, 0.05) is 19.3 Å². The second-order valence-electron chi connectivity index (χ2n) is 3.29. The molecule has 1 unspecified atom stereocenters. The lowest BCUT2D eigenvalue weighted by Crippen LogP contribution is -2.30. The van der Waals surface area contributed by atoms with Crippen LogP contribution in [0.2, 0.25) is 0 Å². The molecular weight excluding hydrogens is 183 g/mol. The van der Waals surface area contributed by atoms with Gasteiger partial charge in [-0.3, -0.25) is 4.57 Å². The Hall–Kier alpha value is -0.370. The summed E-state index contributed by atoms with van der Waals surface area (Å²) in [6.45, 7) is 5.10. The quantitative estimate of drug-likeness (QED) is 0.512. The molecule has 0 saturated carbocycles. The lowest BCUT2D eigenvalue weighted by Gasteiger charge is -2.35. The van der Waals surface area contributed by atoms with Gasteiger partial charge in [0.2, 0.25) is 7.44 Å². The van der Waals surface area contributed by atoms with Crippen molar-refractivity contribution in [3.8, 4) is 0 Å². The summed E-state index contributed by atoms with van der Waals surface area (Å²) in [6, 6.07) is 0. The molecule has 4 heteroatoms. The summed E-state index contributed by atoms with van der Waals surface area (Å²) in [4.78, 5) is 0. The average Bonchev–Trinajstić information content (AvgIpc) is 2.11. The van der Waals surface area contributed by atoms with Crippen LogP contribution in [-0.2, 0) is 4.57 Å². The average molecular weight is 200 g/mol. The molecule has 1 aliphatic heterocycles. The highest BCUT2D eigenvalue weighted by molar-refractivity contribution is 7.59. The number of likely N-dealkylation sites (N-methyl/N-ethyl adjacent to an activating group) is 2. The van der Waals surface area contributed by atoms with Crippen molar-refractivity contribution in [2.45, 2.75) is 0 Å². The van der Waals surface area contributed by atoms with Crippen LogP contribution in [0.15, 0.2) is 24.8 Å². The van der Waals surface area contributed by atoms with Gasteiger partial charge in [-0.15, -0.1) is 6.58 Å². The summed E-state index contributed by atoms with van der Waals surface area (Å²) < 4.78 is 16.2. The topological polar surface area (TPSA) is 23.6 Å². The fourth-order valence-corrected chi connectivity index (χ4v) is 3.64. The minimum absolute atomic E-state index is 0.647. The molecule has 3 nitrogen and oxygen atoms in total. The van der Waals surface area contributed by atoms with E-state index in [1.54, 1.807) is 6.08 Å².